The molecule has 1 unspecified atom stereocenters. The maximum absolute atomic E-state index is 11.7. The summed E-state index contributed by atoms with van der Waals surface area (Å²) in [5.74, 6) is -0.317. The maximum atomic E-state index is 11.7. The van der Waals surface area contributed by atoms with Crippen LogP contribution in [0.1, 0.15) is 31.7 Å². The van der Waals surface area contributed by atoms with E-state index in [1.165, 1.54) is 28.5 Å². The summed E-state index contributed by atoms with van der Waals surface area (Å²) in [4.78, 5) is 11.7. The van der Waals surface area contributed by atoms with Gasteiger partial charge in [-0.3, -0.25) is 10.0 Å². The van der Waals surface area contributed by atoms with Gasteiger partial charge in [-0.2, -0.15) is 0 Å². The molecule has 128 valence electrons. The van der Waals surface area contributed by atoms with Crippen molar-refractivity contribution in [2.45, 2.75) is 37.4 Å². The topological polar surface area (TPSA) is 49.3 Å². The second-order valence-electron chi connectivity index (χ2n) is 6.15. The van der Waals surface area contributed by atoms with Gasteiger partial charge in [0.1, 0.15) is 0 Å². The summed E-state index contributed by atoms with van der Waals surface area (Å²) in [7, 11) is 0. The number of unbranched alkanes of at least 4 members (excludes halogenated alkanes) is 1. The predicted octanol–water partition coefficient (Wildman–Crippen LogP) is 4.69. The lowest BCUT2D eigenvalue weighted by molar-refractivity contribution is -0.131. The third-order valence-corrected chi connectivity index (χ3v) is 5.75. The standard InChI is InChI=1S/C20H25NO2S/c1-20(24-2,19(22)21-23)15-7-6-8-16-11-13-18(14-12-16)17-9-4-3-5-10-17/h3-5,9-14,23H,6-8,15H2,1-2H3,(H,21,22). The molecule has 3 nitrogen and oxygen atoms in total. The molecule has 2 aromatic carbocycles. The molecule has 0 heterocycles. The summed E-state index contributed by atoms with van der Waals surface area (Å²) in [5, 5.41) is 8.84. The average Bonchev–Trinajstić information content (AvgIpc) is 2.65. The summed E-state index contributed by atoms with van der Waals surface area (Å²) in [6.45, 7) is 1.87. The fourth-order valence-corrected chi connectivity index (χ4v) is 3.29. The molecule has 0 saturated carbocycles. The molecule has 2 N–H and O–H groups in total. The van der Waals surface area contributed by atoms with Crippen molar-refractivity contribution < 1.29 is 10.0 Å². The number of hydroxylamine groups is 1. The lowest BCUT2D eigenvalue weighted by atomic mass is 9.98. The van der Waals surface area contributed by atoms with Crippen LogP contribution in [0.3, 0.4) is 0 Å². The fraction of sp³-hybridized carbons (Fsp3) is 0.350. The second-order valence-corrected chi connectivity index (χ2v) is 7.46. The number of nitrogens with one attached hydrogen (secondary N) is 1. The van der Waals surface area contributed by atoms with E-state index < -0.39 is 4.75 Å². The van der Waals surface area contributed by atoms with Crippen molar-refractivity contribution >= 4 is 17.7 Å². The Balaban J connectivity index is 1.84. The number of amides is 1. The van der Waals surface area contributed by atoms with E-state index in [0.717, 1.165) is 25.7 Å². The zero-order valence-corrected chi connectivity index (χ0v) is 15.1. The highest BCUT2D eigenvalue weighted by molar-refractivity contribution is 8.00. The molecular formula is C20H25NO2S. The Morgan fingerprint density at radius 3 is 2.25 bits per heavy atom. The number of aryl methyl sites for hydroxylation is 1. The molecule has 4 heteroatoms. The Hall–Kier alpha value is -1.78. The molecule has 0 aliphatic carbocycles. The highest BCUT2D eigenvalue weighted by Crippen LogP contribution is 2.29. The lowest BCUT2D eigenvalue weighted by Gasteiger charge is -2.24. The molecule has 0 saturated heterocycles. The van der Waals surface area contributed by atoms with Crippen molar-refractivity contribution in [3.8, 4) is 11.1 Å². The number of carbonyl (C=O) groups is 1. The number of rotatable bonds is 8. The van der Waals surface area contributed by atoms with E-state index in [0.29, 0.717) is 0 Å². The first kappa shape index (κ1) is 18.6. The SMILES string of the molecule is CSC(C)(CCCCc1ccc(-c2ccccc2)cc1)C(=O)NO. The zero-order valence-electron chi connectivity index (χ0n) is 14.3. The van der Waals surface area contributed by atoms with Gasteiger partial charge in [-0.05, 0) is 49.1 Å². The Bertz CT molecular complexity index is 642. The minimum atomic E-state index is -0.564. The third kappa shape index (κ3) is 4.86. The largest absolute Gasteiger partial charge is 0.289 e. The van der Waals surface area contributed by atoms with Crippen LogP contribution in [-0.2, 0) is 11.2 Å². The van der Waals surface area contributed by atoms with Crippen LogP contribution in [0.25, 0.3) is 11.1 Å². The van der Waals surface area contributed by atoms with Gasteiger partial charge in [-0.1, -0.05) is 61.0 Å². The first-order valence-corrected chi connectivity index (χ1v) is 9.45. The summed E-state index contributed by atoms with van der Waals surface area (Å²) in [6.07, 6.45) is 5.63. The van der Waals surface area contributed by atoms with E-state index in [4.69, 9.17) is 5.21 Å². The highest BCUT2D eigenvalue weighted by atomic mass is 32.2. The minimum Gasteiger partial charge on any atom is -0.289 e. The van der Waals surface area contributed by atoms with Crippen molar-refractivity contribution in [2.24, 2.45) is 0 Å². The molecule has 0 radical (unpaired) electrons. The predicted molar refractivity (Wildman–Crippen MR) is 101 cm³/mol. The van der Waals surface area contributed by atoms with Crippen LogP contribution >= 0.6 is 11.8 Å². The van der Waals surface area contributed by atoms with Crippen LogP contribution in [0.15, 0.2) is 54.6 Å². The van der Waals surface area contributed by atoms with Gasteiger partial charge in [0.15, 0.2) is 0 Å². The zero-order chi connectivity index (χ0) is 17.4. The van der Waals surface area contributed by atoms with Crippen molar-refractivity contribution in [3.63, 3.8) is 0 Å². The van der Waals surface area contributed by atoms with Crippen molar-refractivity contribution in [1.29, 1.82) is 0 Å². The van der Waals surface area contributed by atoms with Gasteiger partial charge < -0.3 is 0 Å². The van der Waals surface area contributed by atoms with Gasteiger partial charge in [0, 0.05) is 0 Å². The normalized spacial score (nSPS) is 13.3. The summed E-state index contributed by atoms with van der Waals surface area (Å²) in [6, 6.07) is 19.0. The van der Waals surface area contributed by atoms with Crippen molar-refractivity contribution in [1.82, 2.24) is 5.48 Å². The fourth-order valence-electron chi connectivity index (χ4n) is 2.71. The van der Waals surface area contributed by atoms with Crippen molar-refractivity contribution in [3.05, 3.63) is 60.2 Å². The molecular weight excluding hydrogens is 318 g/mol. The summed E-state index contributed by atoms with van der Waals surface area (Å²) >= 11 is 1.48. The molecule has 2 rings (SSSR count). The van der Waals surface area contributed by atoms with E-state index >= 15 is 0 Å². The van der Waals surface area contributed by atoms with Gasteiger partial charge in [0.2, 0.25) is 0 Å². The molecule has 1 atom stereocenters. The highest BCUT2D eigenvalue weighted by Gasteiger charge is 2.31. The molecule has 0 aliphatic rings. The van der Waals surface area contributed by atoms with E-state index in [9.17, 15) is 4.79 Å². The molecule has 0 spiro atoms. The Morgan fingerprint density at radius 1 is 1.04 bits per heavy atom. The van der Waals surface area contributed by atoms with E-state index in [2.05, 4.69) is 48.5 Å². The molecule has 0 bridgehead atoms. The Labute approximate surface area is 148 Å². The Morgan fingerprint density at radius 2 is 1.67 bits per heavy atom. The van der Waals surface area contributed by atoms with Crippen LogP contribution in [0, 0.1) is 0 Å². The second kappa shape index (κ2) is 8.90. The van der Waals surface area contributed by atoms with Gasteiger partial charge in [-0.15, -0.1) is 11.8 Å². The molecule has 2 aromatic rings. The number of benzene rings is 2. The molecule has 0 fully saturated rings. The minimum absolute atomic E-state index is 0.317. The number of hydrogen-bond donors (Lipinski definition) is 2. The quantitative estimate of drug-likeness (QED) is 0.415. The smallest absolute Gasteiger partial charge is 0.259 e. The van der Waals surface area contributed by atoms with E-state index in [-0.39, 0.29) is 5.91 Å². The monoisotopic (exact) mass is 343 g/mol. The number of hydrogen-bond acceptors (Lipinski definition) is 3. The average molecular weight is 343 g/mol. The number of thioether (sulfide) groups is 1. The Kier molecular flexibility index (Phi) is 6.88. The molecule has 0 aromatic heterocycles. The first-order chi connectivity index (χ1) is 11.6. The van der Waals surface area contributed by atoms with Crippen LogP contribution < -0.4 is 5.48 Å². The molecule has 0 aliphatic heterocycles. The van der Waals surface area contributed by atoms with Gasteiger partial charge in [0.05, 0.1) is 4.75 Å². The molecule has 24 heavy (non-hydrogen) atoms. The number of carbonyl (C=O) groups excluding carboxylic acids is 1. The first-order valence-electron chi connectivity index (χ1n) is 8.23. The summed E-state index contributed by atoms with van der Waals surface area (Å²) < 4.78 is -0.564. The van der Waals surface area contributed by atoms with Crippen LogP contribution in [0.5, 0.6) is 0 Å². The van der Waals surface area contributed by atoms with Gasteiger partial charge in [-0.25, -0.2) is 5.48 Å². The van der Waals surface area contributed by atoms with Crippen molar-refractivity contribution in [2.75, 3.05) is 6.26 Å². The van der Waals surface area contributed by atoms with E-state index in [1.54, 1.807) is 5.48 Å². The van der Waals surface area contributed by atoms with Crippen LogP contribution in [-0.4, -0.2) is 22.1 Å². The van der Waals surface area contributed by atoms with E-state index in [1.807, 2.05) is 19.2 Å². The van der Waals surface area contributed by atoms with Crippen LogP contribution in [0.2, 0.25) is 0 Å². The third-order valence-electron chi connectivity index (χ3n) is 4.46. The van der Waals surface area contributed by atoms with Crippen LogP contribution in [0.4, 0.5) is 0 Å². The van der Waals surface area contributed by atoms with Gasteiger partial charge >= 0.3 is 0 Å². The lowest BCUT2D eigenvalue weighted by Crippen LogP contribution is -2.40. The van der Waals surface area contributed by atoms with Gasteiger partial charge in [0.25, 0.3) is 5.91 Å². The summed E-state index contributed by atoms with van der Waals surface area (Å²) in [5.41, 5.74) is 5.55. The maximum Gasteiger partial charge on any atom is 0.259 e. The molecule has 1 amide bonds.